The van der Waals surface area contributed by atoms with Gasteiger partial charge in [-0.15, -0.1) is 0 Å². The molecule has 5 nitrogen and oxygen atoms in total. The highest BCUT2D eigenvalue weighted by Crippen LogP contribution is 2.28. The third-order valence-corrected chi connectivity index (χ3v) is 5.20. The number of halogens is 1. The van der Waals surface area contributed by atoms with E-state index < -0.39 is 0 Å². The molecule has 0 bridgehead atoms. The van der Waals surface area contributed by atoms with Crippen LogP contribution in [0.2, 0.25) is 5.15 Å². The predicted octanol–water partition coefficient (Wildman–Crippen LogP) is 3.68. The summed E-state index contributed by atoms with van der Waals surface area (Å²) in [5, 5.41) is 11.5. The van der Waals surface area contributed by atoms with E-state index in [9.17, 15) is 4.79 Å². The van der Waals surface area contributed by atoms with Gasteiger partial charge in [0.25, 0.3) is 5.56 Å². The highest BCUT2D eigenvalue weighted by atomic mass is 35.5. The standard InChI is InChI=1S/C20H21ClN4O/c21-19-17-12-15(9-10-16(17)20(26)24-23-19)25(18-8-4-5-11-22-18)13-14-6-2-1-3-7-14/h1-3,6-7,9-10,12,18,22H,4-5,8,11,13H2,(H,24,26). The first-order valence-corrected chi connectivity index (χ1v) is 9.32. The quantitative estimate of drug-likeness (QED) is 0.737. The van der Waals surface area contributed by atoms with Crippen molar-refractivity contribution < 1.29 is 0 Å². The molecule has 1 fully saturated rings. The fraction of sp³-hybridized carbons (Fsp3) is 0.300. The number of nitrogens with zero attached hydrogens (tertiary/aromatic N) is 2. The van der Waals surface area contributed by atoms with Gasteiger partial charge in [0.2, 0.25) is 0 Å². The number of piperidine rings is 1. The Morgan fingerprint density at radius 1 is 1.12 bits per heavy atom. The number of aromatic amines is 1. The van der Waals surface area contributed by atoms with Gasteiger partial charge in [0.1, 0.15) is 0 Å². The van der Waals surface area contributed by atoms with Gasteiger partial charge in [-0.3, -0.25) is 10.1 Å². The van der Waals surface area contributed by atoms with E-state index in [-0.39, 0.29) is 11.7 Å². The van der Waals surface area contributed by atoms with Gasteiger partial charge in [-0.2, -0.15) is 5.10 Å². The monoisotopic (exact) mass is 368 g/mol. The van der Waals surface area contributed by atoms with Crippen LogP contribution in [0.5, 0.6) is 0 Å². The van der Waals surface area contributed by atoms with Crippen LogP contribution in [-0.2, 0) is 6.54 Å². The fourth-order valence-corrected chi connectivity index (χ4v) is 3.76. The Bertz CT molecular complexity index is 951. The van der Waals surface area contributed by atoms with Gasteiger partial charge < -0.3 is 4.90 Å². The molecule has 2 aromatic carbocycles. The molecule has 4 rings (SSSR count). The molecule has 2 N–H and O–H groups in total. The van der Waals surface area contributed by atoms with E-state index in [0.29, 0.717) is 15.9 Å². The minimum Gasteiger partial charge on any atom is -0.352 e. The molecule has 1 unspecified atom stereocenters. The first kappa shape index (κ1) is 17.1. The van der Waals surface area contributed by atoms with Gasteiger partial charge in [0.15, 0.2) is 5.15 Å². The summed E-state index contributed by atoms with van der Waals surface area (Å²) in [6.45, 7) is 1.81. The lowest BCUT2D eigenvalue weighted by Gasteiger charge is -2.37. The van der Waals surface area contributed by atoms with Crippen LogP contribution in [0, 0.1) is 0 Å². The summed E-state index contributed by atoms with van der Waals surface area (Å²) in [4.78, 5) is 14.4. The van der Waals surface area contributed by atoms with Crippen LogP contribution >= 0.6 is 11.6 Å². The van der Waals surface area contributed by atoms with Crippen LogP contribution in [0.1, 0.15) is 24.8 Å². The van der Waals surface area contributed by atoms with E-state index in [1.807, 2.05) is 24.3 Å². The van der Waals surface area contributed by atoms with Crippen LogP contribution < -0.4 is 15.8 Å². The SMILES string of the molecule is O=c1[nH]nc(Cl)c2cc(N(Cc3ccccc3)C3CCCCN3)ccc12. The van der Waals surface area contributed by atoms with E-state index in [0.717, 1.165) is 25.2 Å². The van der Waals surface area contributed by atoms with Crippen molar-refractivity contribution in [3.05, 3.63) is 69.6 Å². The van der Waals surface area contributed by atoms with Crippen molar-refractivity contribution in [1.29, 1.82) is 0 Å². The fourth-order valence-electron chi connectivity index (χ4n) is 3.56. The molecule has 1 atom stereocenters. The van der Waals surface area contributed by atoms with Gasteiger partial charge >= 0.3 is 0 Å². The second kappa shape index (κ2) is 7.48. The summed E-state index contributed by atoms with van der Waals surface area (Å²) in [5.41, 5.74) is 2.06. The number of aromatic nitrogens is 2. The van der Waals surface area contributed by atoms with E-state index in [1.54, 1.807) is 0 Å². The van der Waals surface area contributed by atoms with E-state index in [1.165, 1.54) is 18.4 Å². The summed E-state index contributed by atoms with van der Waals surface area (Å²) < 4.78 is 0. The summed E-state index contributed by atoms with van der Waals surface area (Å²) in [7, 11) is 0. The lowest BCUT2D eigenvalue weighted by molar-refractivity contribution is 0.383. The Balaban J connectivity index is 1.76. The zero-order valence-corrected chi connectivity index (χ0v) is 15.2. The number of nitrogens with one attached hydrogen (secondary N) is 2. The van der Waals surface area contributed by atoms with Crippen molar-refractivity contribution in [1.82, 2.24) is 15.5 Å². The van der Waals surface area contributed by atoms with Crippen LogP contribution in [-0.4, -0.2) is 22.9 Å². The maximum Gasteiger partial charge on any atom is 0.272 e. The van der Waals surface area contributed by atoms with E-state index >= 15 is 0 Å². The lowest BCUT2D eigenvalue weighted by atomic mass is 10.1. The van der Waals surface area contributed by atoms with Crippen LogP contribution in [0.15, 0.2) is 53.3 Å². The molecule has 1 aliphatic rings. The second-order valence-corrected chi connectivity index (χ2v) is 7.01. The number of benzene rings is 2. The Hall–Kier alpha value is -2.37. The van der Waals surface area contributed by atoms with Crippen LogP contribution in [0.4, 0.5) is 5.69 Å². The van der Waals surface area contributed by atoms with Gasteiger partial charge in [0.05, 0.1) is 11.6 Å². The maximum atomic E-state index is 12.0. The average Bonchev–Trinajstić information content (AvgIpc) is 2.70. The number of hydrogen-bond donors (Lipinski definition) is 2. The molecular formula is C20H21ClN4O. The largest absolute Gasteiger partial charge is 0.352 e. The second-order valence-electron chi connectivity index (χ2n) is 6.65. The molecule has 6 heteroatoms. The summed E-state index contributed by atoms with van der Waals surface area (Å²) in [6.07, 6.45) is 3.76. The molecule has 134 valence electrons. The normalized spacial score (nSPS) is 17.3. The van der Waals surface area contributed by atoms with E-state index in [2.05, 4.69) is 44.7 Å². The van der Waals surface area contributed by atoms with Gasteiger partial charge in [0, 0.05) is 17.6 Å². The molecule has 1 saturated heterocycles. The number of H-pyrrole nitrogens is 1. The Morgan fingerprint density at radius 2 is 1.96 bits per heavy atom. The lowest BCUT2D eigenvalue weighted by Crippen LogP contribution is -2.48. The topological polar surface area (TPSA) is 61.0 Å². The molecule has 2 heterocycles. The molecular weight excluding hydrogens is 348 g/mol. The highest BCUT2D eigenvalue weighted by molar-refractivity contribution is 6.34. The average molecular weight is 369 g/mol. The zero-order chi connectivity index (χ0) is 17.9. The number of hydrogen-bond acceptors (Lipinski definition) is 4. The number of anilines is 1. The Morgan fingerprint density at radius 3 is 2.73 bits per heavy atom. The van der Waals surface area contributed by atoms with Gasteiger partial charge in [-0.1, -0.05) is 41.9 Å². The third-order valence-electron chi connectivity index (χ3n) is 4.91. The van der Waals surface area contributed by atoms with Gasteiger partial charge in [-0.05, 0) is 49.6 Å². The molecule has 0 spiro atoms. The van der Waals surface area contributed by atoms with Crippen LogP contribution in [0.3, 0.4) is 0 Å². The third kappa shape index (κ3) is 3.45. The van der Waals surface area contributed by atoms with Gasteiger partial charge in [-0.25, -0.2) is 5.10 Å². The van der Waals surface area contributed by atoms with Crippen molar-refractivity contribution in [3.8, 4) is 0 Å². The molecule has 1 aromatic heterocycles. The molecule has 0 saturated carbocycles. The predicted molar refractivity (Wildman–Crippen MR) is 106 cm³/mol. The Labute approximate surface area is 157 Å². The van der Waals surface area contributed by atoms with E-state index in [4.69, 9.17) is 11.6 Å². The molecule has 3 aromatic rings. The molecule has 1 aliphatic heterocycles. The molecule has 26 heavy (non-hydrogen) atoms. The minimum absolute atomic E-state index is 0.221. The molecule has 0 radical (unpaired) electrons. The zero-order valence-electron chi connectivity index (χ0n) is 14.4. The summed E-state index contributed by atoms with van der Waals surface area (Å²) >= 11 is 6.24. The number of rotatable bonds is 4. The van der Waals surface area contributed by atoms with Crippen LogP contribution in [0.25, 0.3) is 10.8 Å². The van der Waals surface area contributed by atoms with Crippen molar-refractivity contribution in [2.75, 3.05) is 11.4 Å². The first-order valence-electron chi connectivity index (χ1n) is 8.94. The van der Waals surface area contributed by atoms with Crippen molar-refractivity contribution in [3.63, 3.8) is 0 Å². The molecule has 0 amide bonds. The summed E-state index contributed by atoms with van der Waals surface area (Å²) in [6, 6.07) is 16.2. The first-order chi connectivity index (χ1) is 12.7. The maximum absolute atomic E-state index is 12.0. The highest BCUT2D eigenvalue weighted by Gasteiger charge is 2.22. The van der Waals surface area contributed by atoms with Crippen molar-refractivity contribution >= 4 is 28.1 Å². The van der Waals surface area contributed by atoms with Crippen molar-refractivity contribution in [2.24, 2.45) is 0 Å². The smallest absolute Gasteiger partial charge is 0.272 e. The Kier molecular flexibility index (Phi) is 4.91. The minimum atomic E-state index is -0.221. The van der Waals surface area contributed by atoms with Crippen molar-refractivity contribution in [2.45, 2.75) is 32.0 Å². The summed E-state index contributed by atoms with van der Waals surface area (Å²) in [5.74, 6) is 0. The number of fused-ring (bicyclic) bond motifs is 1. The molecule has 0 aliphatic carbocycles.